The van der Waals surface area contributed by atoms with Crippen LogP contribution in [0.2, 0.25) is 0 Å². The number of benzene rings is 3. The van der Waals surface area contributed by atoms with Gasteiger partial charge in [-0.1, -0.05) is 134 Å². The molecule has 0 saturated carbocycles. The van der Waals surface area contributed by atoms with E-state index >= 15 is 0 Å². The summed E-state index contributed by atoms with van der Waals surface area (Å²) in [6.45, 7) is 10.7. The Morgan fingerprint density at radius 1 is 0.595 bits per heavy atom. The summed E-state index contributed by atoms with van der Waals surface area (Å²) < 4.78 is 13.7. The van der Waals surface area contributed by atoms with Crippen molar-refractivity contribution in [3.63, 3.8) is 0 Å². The van der Waals surface area contributed by atoms with Gasteiger partial charge in [0.1, 0.15) is 11.5 Å². The van der Waals surface area contributed by atoms with E-state index in [9.17, 15) is 0 Å². The standard InChI is InChI=1S/C38H48Br2O2/c1-5-9-13-25(7-3)23-41-31-19-20-32(42-24-26(8-4)14-10-6-2)38-36-30-16-12-11-15-29(30)35(37(31)38)33-27(21-39)17-18-28(22-40)34(33)36/h11-12,15-20,25-26,35-36H,5-10,13-14,21-24H2,1-4H3. The van der Waals surface area contributed by atoms with Crippen LogP contribution in [0.5, 0.6) is 11.5 Å². The van der Waals surface area contributed by atoms with Crippen molar-refractivity contribution in [3.05, 3.63) is 93.0 Å². The molecule has 0 amide bonds. The third kappa shape index (κ3) is 6.09. The maximum absolute atomic E-state index is 6.85. The van der Waals surface area contributed by atoms with Crippen LogP contribution in [0.1, 0.15) is 135 Å². The summed E-state index contributed by atoms with van der Waals surface area (Å²) in [7, 11) is 0. The first-order valence-electron chi connectivity index (χ1n) is 16.4. The van der Waals surface area contributed by atoms with Crippen LogP contribution in [0, 0.1) is 11.8 Å². The highest BCUT2D eigenvalue weighted by Gasteiger charge is 2.46. The third-order valence-electron chi connectivity index (χ3n) is 9.77. The zero-order chi connectivity index (χ0) is 29.6. The van der Waals surface area contributed by atoms with Crippen molar-refractivity contribution in [2.24, 2.45) is 11.8 Å². The van der Waals surface area contributed by atoms with Crippen LogP contribution in [0.3, 0.4) is 0 Å². The van der Waals surface area contributed by atoms with Gasteiger partial charge >= 0.3 is 0 Å². The van der Waals surface area contributed by atoms with E-state index in [0.717, 1.165) is 48.2 Å². The highest BCUT2D eigenvalue weighted by molar-refractivity contribution is 9.08. The molecule has 4 atom stereocenters. The number of unbranched alkanes of at least 4 members (excludes halogenated alkanes) is 2. The first-order valence-corrected chi connectivity index (χ1v) is 18.6. The second kappa shape index (κ2) is 14.8. The molecule has 3 aliphatic rings. The van der Waals surface area contributed by atoms with Crippen molar-refractivity contribution < 1.29 is 9.47 Å². The highest BCUT2D eigenvalue weighted by Crippen LogP contribution is 2.61. The second-order valence-corrected chi connectivity index (χ2v) is 13.4. The lowest BCUT2D eigenvalue weighted by Gasteiger charge is -2.45. The van der Waals surface area contributed by atoms with Gasteiger partial charge in [0, 0.05) is 33.6 Å². The lowest BCUT2D eigenvalue weighted by atomic mass is 9.59. The average Bonchev–Trinajstić information content (AvgIpc) is 3.04. The van der Waals surface area contributed by atoms with Gasteiger partial charge in [-0.05, 0) is 70.2 Å². The molecule has 4 heteroatoms. The quantitative estimate of drug-likeness (QED) is 0.0957. The Morgan fingerprint density at radius 2 is 1.02 bits per heavy atom. The fourth-order valence-corrected chi connectivity index (χ4v) is 8.22. The van der Waals surface area contributed by atoms with Gasteiger partial charge in [-0.15, -0.1) is 0 Å². The van der Waals surface area contributed by atoms with Gasteiger partial charge in [-0.2, -0.15) is 0 Å². The molecule has 0 aromatic heterocycles. The van der Waals surface area contributed by atoms with Gasteiger partial charge in [0.15, 0.2) is 0 Å². The number of hydrogen-bond acceptors (Lipinski definition) is 2. The highest BCUT2D eigenvalue weighted by atomic mass is 79.9. The predicted molar refractivity (Wildman–Crippen MR) is 184 cm³/mol. The van der Waals surface area contributed by atoms with Gasteiger partial charge in [-0.3, -0.25) is 0 Å². The number of halogens is 2. The van der Waals surface area contributed by atoms with Crippen molar-refractivity contribution in [1.82, 2.24) is 0 Å². The molecule has 3 aliphatic carbocycles. The molecule has 0 radical (unpaired) electrons. The molecule has 2 nitrogen and oxygen atoms in total. The summed E-state index contributed by atoms with van der Waals surface area (Å²) in [4.78, 5) is 0. The van der Waals surface area contributed by atoms with Gasteiger partial charge < -0.3 is 9.47 Å². The Bertz CT molecular complexity index is 1250. The molecule has 226 valence electrons. The maximum atomic E-state index is 6.85. The van der Waals surface area contributed by atoms with E-state index in [-0.39, 0.29) is 11.8 Å². The van der Waals surface area contributed by atoms with E-state index in [1.807, 2.05) is 0 Å². The molecule has 2 bridgehead atoms. The predicted octanol–water partition coefficient (Wildman–Crippen LogP) is 11.7. The summed E-state index contributed by atoms with van der Waals surface area (Å²) >= 11 is 7.70. The van der Waals surface area contributed by atoms with E-state index in [1.54, 1.807) is 0 Å². The molecular weight excluding hydrogens is 648 g/mol. The summed E-state index contributed by atoms with van der Waals surface area (Å²) in [6, 6.07) is 18.2. The van der Waals surface area contributed by atoms with Gasteiger partial charge in [0.05, 0.1) is 13.2 Å². The normalized spacial score (nSPS) is 17.8. The average molecular weight is 697 g/mol. The van der Waals surface area contributed by atoms with Crippen LogP contribution in [0.4, 0.5) is 0 Å². The van der Waals surface area contributed by atoms with Crippen molar-refractivity contribution in [2.75, 3.05) is 13.2 Å². The topological polar surface area (TPSA) is 18.5 Å². The first-order chi connectivity index (χ1) is 20.6. The van der Waals surface area contributed by atoms with Crippen LogP contribution >= 0.6 is 31.9 Å². The van der Waals surface area contributed by atoms with Crippen molar-refractivity contribution in [1.29, 1.82) is 0 Å². The molecule has 0 saturated heterocycles. The number of ether oxygens (including phenoxy) is 2. The summed E-state index contributed by atoms with van der Waals surface area (Å²) in [5.74, 6) is 3.53. The van der Waals surface area contributed by atoms with E-state index in [2.05, 4.69) is 108 Å². The minimum atomic E-state index is 0.138. The molecule has 6 rings (SSSR count). The fraction of sp³-hybridized carbons (Fsp3) is 0.526. The van der Waals surface area contributed by atoms with E-state index < -0.39 is 0 Å². The number of rotatable bonds is 16. The van der Waals surface area contributed by atoms with Gasteiger partial charge in [0.2, 0.25) is 0 Å². The van der Waals surface area contributed by atoms with E-state index in [4.69, 9.17) is 9.47 Å². The summed E-state index contributed by atoms with van der Waals surface area (Å²) in [6.07, 6.45) is 9.75. The summed E-state index contributed by atoms with van der Waals surface area (Å²) in [5, 5.41) is 1.69. The molecule has 0 spiro atoms. The Labute approximate surface area is 271 Å². The van der Waals surface area contributed by atoms with Crippen LogP contribution < -0.4 is 9.47 Å². The van der Waals surface area contributed by atoms with E-state index in [0.29, 0.717) is 11.8 Å². The molecule has 0 N–H and O–H groups in total. The van der Waals surface area contributed by atoms with Gasteiger partial charge in [0.25, 0.3) is 0 Å². The largest absolute Gasteiger partial charge is 0.493 e. The Kier molecular flexibility index (Phi) is 11.1. The van der Waals surface area contributed by atoms with Crippen molar-refractivity contribution in [3.8, 4) is 11.5 Å². The number of hydrogen-bond donors (Lipinski definition) is 0. The van der Waals surface area contributed by atoms with Crippen LogP contribution in [-0.2, 0) is 10.7 Å². The van der Waals surface area contributed by atoms with Crippen molar-refractivity contribution >= 4 is 31.9 Å². The minimum absolute atomic E-state index is 0.138. The zero-order valence-electron chi connectivity index (χ0n) is 26.0. The Balaban J connectivity index is 1.65. The molecule has 0 aliphatic heterocycles. The minimum Gasteiger partial charge on any atom is -0.493 e. The van der Waals surface area contributed by atoms with Crippen molar-refractivity contribution in [2.45, 2.75) is 102 Å². The first kappa shape index (κ1) is 31.6. The lowest BCUT2D eigenvalue weighted by molar-refractivity contribution is 0.223. The number of alkyl halides is 2. The molecule has 0 heterocycles. The summed E-state index contributed by atoms with van der Waals surface area (Å²) in [5.41, 5.74) is 11.2. The zero-order valence-corrected chi connectivity index (χ0v) is 29.2. The second-order valence-electron chi connectivity index (χ2n) is 12.3. The smallest absolute Gasteiger partial charge is 0.124 e. The monoisotopic (exact) mass is 694 g/mol. The van der Waals surface area contributed by atoms with Crippen LogP contribution in [0.15, 0.2) is 48.5 Å². The van der Waals surface area contributed by atoms with Gasteiger partial charge in [-0.25, -0.2) is 0 Å². The molecule has 3 aromatic rings. The molecule has 4 unspecified atom stereocenters. The van der Waals surface area contributed by atoms with Crippen LogP contribution in [0.25, 0.3) is 0 Å². The Hall–Kier alpha value is -1.78. The SMILES string of the molecule is CCCCC(CC)COc1ccc(OCC(CC)CCCC)c2c1C1c3ccccc3C2c2c(CBr)ccc(CBr)c21. The maximum Gasteiger partial charge on any atom is 0.124 e. The molecule has 42 heavy (non-hydrogen) atoms. The molecule has 3 aromatic carbocycles. The Morgan fingerprint density at radius 3 is 1.38 bits per heavy atom. The lowest BCUT2D eigenvalue weighted by Crippen LogP contribution is -2.31. The molecular formula is C38H48Br2O2. The van der Waals surface area contributed by atoms with E-state index in [1.165, 1.54) is 83.0 Å². The molecule has 0 fully saturated rings. The fourth-order valence-electron chi connectivity index (χ4n) is 7.24. The van der Waals surface area contributed by atoms with Crippen LogP contribution in [-0.4, -0.2) is 13.2 Å². The third-order valence-corrected chi connectivity index (χ3v) is 11.0.